The highest BCUT2D eigenvalue weighted by molar-refractivity contribution is 6.38. The molecule has 0 saturated heterocycles. The molecule has 0 unspecified atom stereocenters. The van der Waals surface area contributed by atoms with Crippen molar-refractivity contribution in [1.82, 2.24) is 4.57 Å². The number of para-hydroxylation sites is 2. The number of halogens is 2. The quantitative estimate of drug-likeness (QED) is 0.135. The molecule has 0 spiro atoms. The maximum atomic E-state index is 15.1. The Kier molecular flexibility index (Phi) is 12.2. The van der Waals surface area contributed by atoms with Gasteiger partial charge < -0.3 is 23.2 Å². The van der Waals surface area contributed by atoms with Crippen molar-refractivity contribution in [2.24, 2.45) is 0 Å². The van der Waals surface area contributed by atoms with Gasteiger partial charge in [0.25, 0.3) is 0 Å². The van der Waals surface area contributed by atoms with Crippen LogP contribution in [0.15, 0.2) is 269 Å². The number of benzene rings is 14. The van der Waals surface area contributed by atoms with Crippen LogP contribution in [-0.4, -0.2) is 4.57 Å². The molecule has 0 atom stereocenters. The second kappa shape index (κ2) is 21.0. The smallest absolute Gasteiger partial charge is 0.160 e. The minimum absolute atomic E-state index is 0.273. The largest absolute Gasteiger partial charge is 0.454 e. The molecular weight excluding hydrogens is 1170 g/mol. The van der Waals surface area contributed by atoms with Crippen molar-refractivity contribution in [3.05, 3.63) is 305 Å². The summed E-state index contributed by atoms with van der Waals surface area (Å²) in [7, 11) is 0. The van der Waals surface area contributed by atoms with Gasteiger partial charge in [-0.05, 0) is 249 Å². The van der Waals surface area contributed by atoms with Crippen LogP contribution in [0.5, 0.6) is 0 Å². The molecule has 19 rings (SSSR count). The van der Waals surface area contributed by atoms with Gasteiger partial charge in [0.05, 0.1) is 22.4 Å². The van der Waals surface area contributed by atoms with E-state index in [-0.39, 0.29) is 11.6 Å². The Morgan fingerprint density at radius 3 is 1.19 bits per heavy atom. The maximum Gasteiger partial charge on any atom is 0.160 e. The van der Waals surface area contributed by atoms with Gasteiger partial charge in [0, 0.05) is 60.8 Å². The second-order valence-electron chi connectivity index (χ2n) is 26.3. The molecule has 5 nitrogen and oxygen atoms in total. The zero-order valence-corrected chi connectivity index (χ0v) is 52.9. The van der Waals surface area contributed by atoms with Gasteiger partial charge in [-0.1, -0.05) is 152 Å². The number of furan rings is 2. The third-order valence-electron chi connectivity index (χ3n) is 20.7. The lowest BCUT2D eigenvalue weighted by Crippen LogP contribution is -2.18. The molecule has 2 aliphatic rings. The van der Waals surface area contributed by atoms with Crippen molar-refractivity contribution in [2.45, 2.75) is 53.4 Å². The van der Waals surface area contributed by atoms with Crippen LogP contribution in [0, 0.1) is 39.3 Å². The van der Waals surface area contributed by atoms with Crippen LogP contribution in [-0.2, 0) is 0 Å². The number of aromatic nitrogens is 1. The number of rotatable bonds is 9. The van der Waals surface area contributed by atoms with E-state index in [2.05, 4.69) is 242 Å². The fourth-order valence-electron chi connectivity index (χ4n) is 16.5. The van der Waals surface area contributed by atoms with Crippen LogP contribution in [0.3, 0.4) is 0 Å². The van der Waals surface area contributed by atoms with Crippen molar-refractivity contribution in [2.75, 3.05) is 9.80 Å². The van der Waals surface area contributed by atoms with E-state index in [0.717, 1.165) is 164 Å². The minimum Gasteiger partial charge on any atom is -0.454 e. The molecule has 0 N–H and O–H groups in total. The highest BCUT2D eigenvalue weighted by atomic mass is 19.1. The van der Waals surface area contributed by atoms with Crippen LogP contribution >= 0.6 is 0 Å². The fourth-order valence-corrected chi connectivity index (χ4v) is 16.5. The molecule has 3 aromatic heterocycles. The van der Waals surface area contributed by atoms with Gasteiger partial charge in [0.1, 0.15) is 22.8 Å². The Labute approximate surface area is 546 Å². The van der Waals surface area contributed by atoms with Gasteiger partial charge in [0.2, 0.25) is 0 Å². The summed E-state index contributed by atoms with van der Waals surface area (Å²) in [4.78, 5) is 4.82. The summed E-state index contributed by atoms with van der Waals surface area (Å²) in [5, 5.41) is 16.7. The summed E-state index contributed by atoms with van der Waals surface area (Å²) in [5.41, 5.74) is 22.1. The number of hydrogen-bond donors (Lipinski definition) is 0. The Hall–Kier alpha value is -11.5. The molecule has 0 fully saturated rings. The average Bonchev–Trinajstić information content (AvgIpc) is 1.53. The summed E-state index contributed by atoms with van der Waals surface area (Å²) in [6.45, 7) is 8.83. The van der Waals surface area contributed by atoms with E-state index >= 15 is 8.78 Å². The first-order valence-corrected chi connectivity index (χ1v) is 32.9. The predicted molar refractivity (Wildman–Crippen MR) is 394 cm³/mol. The van der Waals surface area contributed by atoms with Gasteiger partial charge in [0.15, 0.2) is 11.2 Å². The number of fused-ring (bicyclic) bond motifs is 13. The Morgan fingerprint density at radius 2 is 0.737 bits per heavy atom. The number of nitrogens with zero attached hydrogens (tertiary/aromatic N) is 3. The van der Waals surface area contributed by atoms with Crippen molar-refractivity contribution < 1.29 is 17.6 Å². The van der Waals surface area contributed by atoms with Crippen molar-refractivity contribution in [3.63, 3.8) is 0 Å². The zero-order chi connectivity index (χ0) is 63.5. The molecule has 7 heteroatoms. The molecule has 0 radical (unpaired) electrons. The van der Waals surface area contributed by atoms with E-state index in [9.17, 15) is 0 Å². The van der Waals surface area contributed by atoms with Crippen LogP contribution in [0.4, 0.5) is 31.5 Å². The molecule has 454 valence electrons. The second-order valence-corrected chi connectivity index (χ2v) is 26.3. The zero-order valence-electron chi connectivity index (χ0n) is 52.9. The summed E-state index contributed by atoms with van der Waals surface area (Å²) in [6.07, 6.45) is 12.4. The van der Waals surface area contributed by atoms with E-state index in [1.54, 1.807) is 24.3 Å². The minimum atomic E-state index is -0.273. The van der Waals surface area contributed by atoms with Gasteiger partial charge in [-0.2, -0.15) is 0 Å². The number of aryl methyl sites for hydroxylation is 4. The first-order valence-electron chi connectivity index (χ1n) is 32.9. The van der Waals surface area contributed by atoms with Gasteiger partial charge in [-0.15, -0.1) is 0 Å². The van der Waals surface area contributed by atoms with Gasteiger partial charge >= 0.3 is 0 Å². The average molecular weight is 1230 g/mol. The summed E-state index contributed by atoms with van der Waals surface area (Å²) in [5.74, 6) is -0.547. The molecule has 0 bridgehead atoms. The highest BCUT2D eigenvalue weighted by Gasteiger charge is 2.33. The van der Waals surface area contributed by atoms with E-state index in [0.29, 0.717) is 0 Å². The highest BCUT2D eigenvalue weighted by Crippen LogP contribution is 2.55. The van der Waals surface area contributed by atoms with Gasteiger partial charge in [-0.3, -0.25) is 0 Å². The first-order chi connectivity index (χ1) is 46.5. The molecule has 0 saturated carbocycles. The van der Waals surface area contributed by atoms with E-state index < -0.39 is 0 Å². The van der Waals surface area contributed by atoms with E-state index in [1.165, 1.54) is 66.1 Å². The van der Waals surface area contributed by atoms with Crippen LogP contribution < -0.4 is 9.80 Å². The normalized spacial score (nSPS) is 13.9. The van der Waals surface area contributed by atoms with Crippen LogP contribution in [0.2, 0.25) is 0 Å². The summed E-state index contributed by atoms with van der Waals surface area (Å²) >= 11 is 0. The van der Waals surface area contributed by atoms with Crippen LogP contribution in [0.25, 0.3) is 136 Å². The van der Waals surface area contributed by atoms with Crippen molar-refractivity contribution >= 4 is 153 Å². The van der Waals surface area contributed by atoms with Crippen LogP contribution in [0.1, 0.15) is 59.1 Å². The summed E-state index contributed by atoms with van der Waals surface area (Å²) in [6, 6.07) is 78.1. The number of hydrogen-bond acceptors (Lipinski definition) is 4. The first kappa shape index (κ1) is 55.1. The molecular formula is C88H61F2N3O2. The maximum absolute atomic E-state index is 15.1. The lowest BCUT2D eigenvalue weighted by atomic mass is 9.89. The molecule has 14 aromatic carbocycles. The Morgan fingerprint density at radius 1 is 0.337 bits per heavy atom. The molecule has 95 heavy (non-hydrogen) atoms. The van der Waals surface area contributed by atoms with Gasteiger partial charge in [-0.25, -0.2) is 8.78 Å². The molecule has 3 heterocycles. The molecule has 0 aliphatic heterocycles. The third kappa shape index (κ3) is 8.51. The topological polar surface area (TPSA) is 37.7 Å². The molecule has 17 aromatic rings. The third-order valence-corrected chi connectivity index (χ3v) is 20.7. The molecule has 2 aliphatic carbocycles. The molecule has 0 amide bonds. The standard InChI is InChI=1S/C88H61F2N3O2/c1-50-12-9-13-51(2)79(50)56-28-36-66(37-29-56)91(68-40-32-58-42-64(89)34-26-60(58)44-68)75-48-73-85(83-71-18-5-7-20-77(71)94-87(75)83)86-74(93(73)70-46-62-24-22-54-16-11-17-55-23-25-63(47-70)82(62)81(54)55)49-76(88-84(86)72-19-6-8-21-78(72)95-88)92(69-41-33-59-43-65(90)35-27-61(59)45-69)67-38-30-57(31-39-67)80-52(3)14-10-15-53(80)4/h5-28,30,32-36,38,40-49H,29,31,37,39H2,1-4H3. The number of anilines is 4. The van der Waals surface area contributed by atoms with Crippen molar-refractivity contribution in [1.29, 1.82) is 0 Å². The predicted octanol–water partition coefficient (Wildman–Crippen LogP) is 25.1. The Balaban J connectivity index is 0.972. The lowest BCUT2D eigenvalue weighted by Gasteiger charge is -2.31. The lowest BCUT2D eigenvalue weighted by molar-refractivity contribution is 0.629. The van der Waals surface area contributed by atoms with E-state index in [1.807, 2.05) is 24.3 Å². The van der Waals surface area contributed by atoms with Crippen molar-refractivity contribution in [3.8, 4) is 5.69 Å². The summed E-state index contributed by atoms with van der Waals surface area (Å²) < 4.78 is 47.6. The van der Waals surface area contributed by atoms with E-state index in [4.69, 9.17) is 8.83 Å². The monoisotopic (exact) mass is 1230 g/mol. The Bertz CT molecular complexity index is 5910. The SMILES string of the molecule is Cc1cccc(C)c1C1=CC=C(N(c2ccc3cc(F)ccc3c2)c2cc3c(c4c2oc2ccccc24)c2c4c(oc5ccccc54)c(N(C4=CC=C(c5c(C)cccc5C)CC4)c4ccc5cc(F)ccc5c4)cc2n3-c2cc3ccc4cccc5ccc(c2)c3c45)CC1. The fraction of sp³-hybridized carbons (Fsp3) is 0.0909. The number of allylic oxidation sites excluding steroid dienone is 8.